The van der Waals surface area contributed by atoms with Gasteiger partial charge < -0.3 is 29.7 Å². The highest BCUT2D eigenvalue weighted by Crippen LogP contribution is 2.41. The number of esters is 1. The first-order valence-electron chi connectivity index (χ1n) is 13.9. The average Bonchev–Trinajstić information content (AvgIpc) is 3.41. The highest BCUT2D eigenvalue weighted by atomic mass is 35.5. The second kappa shape index (κ2) is 14.6. The molecule has 8 nitrogen and oxygen atoms in total. The van der Waals surface area contributed by atoms with Crippen LogP contribution in [0, 0.1) is 0 Å². The van der Waals surface area contributed by atoms with E-state index in [1.807, 2.05) is 73.7 Å². The molecular weight excluding hydrogens is 605 g/mol. The summed E-state index contributed by atoms with van der Waals surface area (Å²) in [7, 11) is 0. The van der Waals surface area contributed by atoms with Gasteiger partial charge in [-0.05, 0) is 59.9 Å². The third-order valence-corrected chi connectivity index (χ3v) is 7.52. The number of carboxylic acid groups (broad SMARTS) is 1. The number of aliphatic carboxylic acids is 1. The van der Waals surface area contributed by atoms with Crippen molar-refractivity contribution in [2.75, 3.05) is 13.2 Å². The molecule has 4 aromatic carbocycles. The van der Waals surface area contributed by atoms with E-state index in [1.165, 1.54) is 0 Å². The molecule has 0 amide bonds. The molecule has 10 heteroatoms. The Kier molecular flexibility index (Phi) is 10.9. The van der Waals surface area contributed by atoms with Gasteiger partial charge in [0.15, 0.2) is 11.5 Å². The Hall–Kier alpha value is -4.08. The van der Waals surface area contributed by atoms with Crippen LogP contribution in [0.5, 0.6) is 11.5 Å². The smallest absolute Gasteiger partial charge is 0.453 e. The number of fused-ring (bicyclic) bond motifs is 1. The minimum absolute atomic E-state index is 0. The number of carboxylic acids is 1. The zero-order valence-electron chi connectivity index (χ0n) is 23.9. The Balaban J connectivity index is 0.00000442. The molecule has 0 fully saturated rings. The van der Waals surface area contributed by atoms with Crippen molar-refractivity contribution in [1.29, 1.82) is 0 Å². The van der Waals surface area contributed by atoms with Crippen LogP contribution in [0.15, 0.2) is 103 Å². The van der Waals surface area contributed by atoms with Crippen molar-refractivity contribution in [3.63, 3.8) is 0 Å². The van der Waals surface area contributed by atoms with E-state index < -0.39 is 23.8 Å². The maximum absolute atomic E-state index is 13.3. The number of nitrogens with one attached hydrogen (secondary N) is 1. The largest absolute Gasteiger partial charge is 0.475 e. The van der Waals surface area contributed by atoms with Crippen LogP contribution in [0.2, 0.25) is 5.02 Å². The molecule has 0 saturated heterocycles. The Morgan fingerprint density at radius 3 is 2.09 bits per heavy atom. The molecule has 230 valence electrons. The minimum Gasteiger partial charge on any atom is -0.475 e. The first-order valence-corrected chi connectivity index (χ1v) is 14.3. The summed E-state index contributed by atoms with van der Waals surface area (Å²) in [6, 6.07) is 31.1. The molecule has 4 aromatic rings. The van der Waals surface area contributed by atoms with Gasteiger partial charge in [-0.15, -0.1) is 12.4 Å². The van der Waals surface area contributed by atoms with Crippen molar-refractivity contribution in [2.45, 2.75) is 37.2 Å². The topological polar surface area (TPSA) is 114 Å². The number of hydrogen-bond donors (Lipinski definition) is 3. The minimum atomic E-state index is -2.66. The average molecular weight is 639 g/mol. The van der Waals surface area contributed by atoms with Gasteiger partial charge in [0.05, 0.1) is 6.10 Å². The number of hydrogen-bond acceptors (Lipinski definition) is 7. The number of carbonyl (C=O) groups excluding carboxylic acids is 1. The molecule has 1 aliphatic heterocycles. The van der Waals surface area contributed by atoms with Crippen LogP contribution in [0.1, 0.15) is 41.2 Å². The van der Waals surface area contributed by atoms with Crippen molar-refractivity contribution in [1.82, 2.24) is 5.32 Å². The lowest BCUT2D eigenvalue weighted by Crippen LogP contribution is -2.55. The van der Waals surface area contributed by atoms with E-state index in [4.69, 9.17) is 25.8 Å². The zero-order valence-corrected chi connectivity index (χ0v) is 25.5. The number of ether oxygens (including phenoxy) is 3. The molecule has 0 radical (unpaired) electrons. The molecular formula is C34H33Cl2NO7. The fraction of sp³-hybridized carbons (Fsp3) is 0.235. The highest BCUT2D eigenvalue weighted by molar-refractivity contribution is 6.30. The first kappa shape index (κ1) is 32.8. The normalized spacial score (nSPS) is 16.5. The van der Waals surface area contributed by atoms with E-state index in [0.717, 1.165) is 16.7 Å². The molecule has 1 heterocycles. The Morgan fingerprint density at radius 2 is 1.48 bits per heavy atom. The number of aliphatic hydroxyl groups excluding tert-OH is 1. The van der Waals surface area contributed by atoms with Gasteiger partial charge in [0, 0.05) is 23.5 Å². The number of aliphatic hydroxyl groups is 1. The molecule has 0 spiro atoms. The van der Waals surface area contributed by atoms with Crippen molar-refractivity contribution < 1.29 is 34.0 Å². The van der Waals surface area contributed by atoms with E-state index >= 15 is 0 Å². The molecule has 3 N–H and O–H groups in total. The number of carbonyl (C=O) groups is 2. The third-order valence-electron chi connectivity index (χ3n) is 7.29. The van der Waals surface area contributed by atoms with E-state index in [1.54, 1.807) is 36.4 Å². The maximum atomic E-state index is 13.3. The molecule has 5 rings (SSSR count). The van der Waals surface area contributed by atoms with Crippen molar-refractivity contribution in [3.8, 4) is 11.5 Å². The molecule has 0 aromatic heterocycles. The van der Waals surface area contributed by atoms with Gasteiger partial charge in [0.25, 0.3) is 0 Å². The molecule has 0 bridgehead atoms. The van der Waals surface area contributed by atoms with E-state index in [0.29, 0.717) is 23.6 Å². The van der Waals surface area contributed by atoms with Crippen LogP contribution in [0.4, 0.5) is 0 Å². The number of rotatable bonds is 12. The lowest BCUT2D eigenvalue weighted by Gasteiger charge is -2.23. The Morgan fingerprint density at radius 1 is 0.864 bits per heavy atom. The zero-order chi connectivity index (χ0) is 30.4. The van der Waals surface area contributed by atoms with Crippen molar-refractivity contribution >= 4 is 35.9 Å². The highest BCUT2D eigenvalue weighted by Gasteiger charge is 2.59. The second-order valence-electron chi connectivity index (χ2n) is 10.5. The molecule has 0 aliphatic carbocycles. The monoisotopic (exact) mass is 637 g/mol. The Labute approximate surface area is 267 Å². The molecule has 1 aliphatic rings. The van der Waals surface area contributed by atoms with Gasteiger partial charge in [0.2, 0.25) is 0 Å². The van der Waals surface area contributed by atoms with Gasteiger partial charge in [-0.3, -0.25) is 0 Å². The van der Waals surface area contributed by atoms with Gasteiger partial charge in [-0.25, -0.2) is 9.59 Å². The second-order valence-corrected chi connectivity index (χ2v) is 10.9. The molecule has 3 atom stereocenters. The first-order chi connectivity index (χ1) is 20.7. The lowest BCUT2D eigenvalue weighted by molar-refractivity contribution is -0.198. The van der Waals surface area contributed by atoms with Crippen LogP contribution < -0.4 is 14.8 Å². The van der Waals surface area contributed by atoms with Crippen molar-refractivity contribution in [2.24, 2.45) is 0 Å². The van der Waals surface area contributed by atoms with Crippen LogP contribution in [0.3, 0.4) is 0 Å². The fourth-order valence-electron chi connectivity index (χ4n) is 5.01. The summed E-state index contributed by atoms with van der Waals surface area (Å²) in [5, 5.41) is 24.4. The molecule has 44 heavy (non-hydrogen) atoms. The summed E-state index contributed by atoms with van der Waals surface area (Å²) >= 11 is 6.03. The predicted octanol–water partition coefficient (Wildman–Crippen LogP) is 5.94. The van der Waals surface area contributed by atoms with E-state index in [9.17, 15) is 19.8 Å². The van der Waals surface area contributed by atoms with Gasteiger partial charge in [-0.1, -0.05) is 90.5 Å². The summed E-state index contributed by atoms with van der Waals surface area (Å²) in [5.74, 6) is -5.49. The summed E-state index contributed by atoms with van der Waals surface area (Å²) in [5.41, 5.74) is 3.36. The van der Waals surface area contributed by atoms with Crippen LogP contribution >= 0.6 is 24.0 Å². The van der Waals surface area contributed by atoms with E-state index in [2.05, 4.69) is 5.32 Å². The van der Waals surface area contributed by atoms with Gasteiger partial charge in [-0.2, -0.15) is 0 Å². The van der Waals surface area contributed by atoms with Crippen LogP contribution in [-0.4, -0.2) is 47.1 Å². The lowest BCUT2D eigenvalue weighted by atomic mass is 9.92. The van der Waals surface area contributed by atoms with Crippen LogP contribution in [-0.2, 0) is 20.7 Å². The summed E-state index contributed by atoms with van der Waals surface area (Å²) in [4.78, 5) is 25.7. The Bertz CT molecular complexity index is 1530. The van der Waals surface area contributed by atoms with Gasteiger partial charge >= 0.3 is 17.7 Å². The molecule has 0 saturated carbocycles. The maximum Gasteiger partial charge on any atom is 0.453 e. The summed E-state index contributed by atoms with van der Waals surface area (Å²) in [6.45, 7) is 2.16. The number of halogens is 2. The van der Waals surface area contributed by atoms with Gasteiger partial charge in [0.1, 0.15) is 6.61 Å². The summed E-state index contributed by atoms with van der Waals surface area (Å²) < 4.78 is 16.9. The quantitative estimate of drug-likeness (QED) is 0.129. The van der Waals surface area contributed by atoms with E-state index in [-0.39, 0.29) is 42.5 Å². The predicted molar refractivity (Wildman–Crippen MR) is 169 cm³/mol. The molecule has 3 unspecified atom stereocenters. The fourth-order valence-corrected chi connectivity index (χ4v) is 5.21. The van der Waals surface area contributed by atoms with Crippen molar-refractivity contribution in [3.05, 3.63) is 130 Å². The SMILES string of the molecule is CC(Cc1ccc2c(c1)OC(C(=O)O)(C(=O)OCC(c1ccccc1)c1ccccc1)O2)NCC(O)c1cccc(Cl)c1.Cl. The van der Waals surface area contributed by atoms with Crippen LogP contribution in [0.25, 0.3) is 0 Å². The third kappa shape index (κ3) is 7.52. The standard InChI is InChI=1S/C34H32ClNO7.ClH/c1-22(36-20-29(37)26-13-8-14-27(35)19-26)17-23-15-16-30-31(18-23)43-34(42-30,32(38)39)33(40)41-21-28(24-9-4-2-5-10-24)25-11-6-3-7-12-25;/h2-16,18-19,22,28-29,36-37H,17,20-21H2,1H3,(H,38,39);1H. The summed E-state index contributed by atoms with van der Waals surface area (Å²) in [6.07, 6.45) is -0.192. The number of benzene rings is 4.